The van der Waals surface area contributed by atoms with Crippen LogP contribution >= 0.6 is 0 Å². The molecule has 1 aliphatic rings. The SMILES string of the molecule is O=C(NNC(=O)C1Cc2ccccc2C(=O)O1)c1ccc(COc2cccc3cccnc23)cc1. The number of hydrogen-bond acceptors (Lipinski definition) is 6. The summed E-state index contributed by atoms with van der Waals surface area (Å²) in [5, 5.41) is 0.992. The maximum Gasteiger partial charge on any atom is 0.339 e. The lowest BCUT2D eigenvalue weighted by Gasteiger charge is -2.23. The van der Waals surface area contributed by atoms with Crippen LogP contribution in [0.5, 0.6) is 5.75 Å². The normalized spacial score (nSPS) is 14.5. The van der Waals surface area contributed by atoms with Crippen LogP contribution in [0, 0.1) is 0 Å². The summed E-state index contributed by atoms with van der Waals surface area (Å²) in [7, 11) is 0. The number of benzene rings is 3. The molecule has 0 radical (unpaired) electrons. The molecule has 4 aromatic rings. The molecular formula is C27H21N3O5. The molecule has 1 unspecified atom stereocenters. The van der Waals surface area contributed by atoms with Crippen LogP contribution in [-0.4, -0.2) is 28.9 Å². The fourth-order valence-electron chi connectivity index (χ4n) is 3.85. The second kappa shape index (κ2) is 9.64. The average Bonchev–Trinajstić information content (AvgIpc) is 2.90. The molecule has 0 bridgehead atoms. The van der Waals surface area contributed by atoms with E-state index in [-0.39, 0.29) is 6.42 Å². The monoisotopic (exact) mass is 467 g/mol. The molecule has 0 fully saturated rings. The Morgan fingerprint density at radius 2 is 1.74 bits per heavy atom. The first-order valence-corrected chi connectivity index (χ1v) is 11.0. The molecule has 0 saturated carbocycles. The molecule has 0 spiro atoms. The van der Waals surface area contributed by atoms with Gasteiger partial charge in [0.1, 0.15) is 17.9 Å². The first-order chi connectivity index (χ1) is 17.1. The van der Waals surface area contributed by atoms with Gasteiger partial charge in [0.05, 0.1) is 5.56 Å². The predicted molar refractivity (Wildman–Crippen MR) is 127 cm³/mol. The Morgan fingerprint density at radius 1 is 0.943 bits per heavy atom. The summed E-state index contributed by atoms with van der Waals surface area (Å²) in [6, 6.07) is 23.4. The van der Waals surface area contributed by atoms with E-state index in [0.29, 0.717) is 23.5 Å². The van der Waals surface area contributed by atoms with Gasteiger partial charge in [0, 0.05) is 23.6 Å². The highest BCUT2D eigenvalue weighted by molar-refractivity contribution is 5.98. The summed E-state index contributed by atoms with van der Waals surface area (Å²) in [6.07, 6.45) is 0.948. The Morgan fingerprint density at radius 3 is 2.60 bits per heavy atom. The minimum Gasteiger partial charge on any atom is -0.487 e. The smallest absolute Gasteiger partial charge is 0.339 e. The van der Waals surface area contributed by atoms with Crippen molar-refractivity contribution in [2.45, 2.75) is 19.1 Å². The number of para-hydroxylation sites is 1. The number of hydrazine groups is 1. The zero-order valence-electron chi connectivity index (χ0n) is 18.6. The van der Waals surface area contributed by atoms with Gasteiger partial charge in [0.2, 0.25) is 0 Å². The number of esters is 1. The molecule has 8 nitrogen and oxygen atoms in total. The summed E-state index contributed by atoms with van der Waals surface area (Å²) >= 11 is 0. The van der Waals surface area contributed by atoms with E-state index >= 15 is 0 Å². The lowest BCUT2D eigenvalue weighted by Crippen LogP contribution is -2.49. The van der Waals surface area contributed by atoms with Crippen LogP contribution in [0.3, 0.4) is 0 Å². The highest BCUT2D eigenvalue weighted by atomic mass is 16.5. The van der Waals surface area contributed by atoms with Crippen molar-refractivity contribution < 1.29 is 23.9 Å². The molecule has 2 heterocycles. The van der Waals surface area contributed by atoms with E-state index in [1.165, 1.54) is 0 Å². The lowest BCUT2D eigenvalue weighted by molar-refractivity contribution is -0.131. The summed E-state index contributed by atoms with van der Waals surface area (Å²) in [5.74, 6) is -0.976. The number of aromatic nitrogens is 1. The molecule has 5 rings (SSSR count). The third kappa shape index (κ3) is 4.81. The Kier molecular flexibility index (Phi) is 6.09. The summed E-state index contributed by atoms with van der Waals surface area (Å²) in [4.78, 5) is 41.4. The molecule has 1 aromatic heterocycles. The third-order valence-corrected chi connectivity index (χ3v) is 5.69. The number of rotatable bonds is 5. The Labute approximate surface area is 200 Å². The summed E-state index contributed by atoms with van der Waals surface area (Å²) in [5.41, 5.74) is 7.88. The van der Waals surface area contributed by atoms with Crippen LogP contribution in [0.1, 0.15) is 31.8 Å². The molecule has 1 aliphatic heterocycles. The van der Waals surface area contributed by atoms with Gasteiger partial charge in [0.15, 0.2) is 6.10 Å². The van der Waals surface area contributed by atoms with Crippen LogP contribution in [-0.2, 0) is 22.6 Å². The highest BCUT2D eigenvalue weighted by Crippen LogP contribution is 2.24. The largest absolute Gasteiger partial charge is 0.487 e. The number of nitrogens with zero attached hydrogens (tertiary/aromatic N) is 1. The van der Waals surface area contributed by atoms with Crippen LogP contribution in [0.25, 0.3) is 10.9 Å². The summed E-state index contributed by atoms with van der Waals surface area (Å²) in [6.45, 7) is 0.308. The second-order valence-electron chi connectivity index (χ2n) is 8.02. The van der Waals surface area contributed by atoms with E-state index in [9.17, 15) is 14.4 Å². The predicted octanol–water partition coefficient (Wildman–Crippen LogP) is 3.36. The Balaban J connectivity index is 1.15. The molecular weight excluding hydrogens is 446 g/mol. The highest BCUT2D eigenvalue weighted by Gasteiger charge is 2.31. The van der Waals surface area contributed by atoms with Gasteiger partial charge in [-0.3, -0.25) is 25.4 Å². The standard InChI is InChI=1S/C27H21N3O5/c31-25(29-30-26(32)23-15-20-5-1-2-8-21(20)27(33)35-23)19-12-10-17(11-13-19)16-34-22-9-3-6-18-7-4-14-28-24(18)22/h1-14,23H,15-16H2,(H,29,31)(H,30,32). The van der Waals surface area contributed by atoms with Crippen molar-refractivity contribution in [2.75, 3.05) is 0 Å². The zero-order valence-corrected chi connectivity index (χ0v) is 18.6. The van der Waals surface area contributed by atoms with Gasteiger partial charge in [0.25, 0.3) is 11.8 Å². The molecule has 2 N–H and O–H groups in total. The fraction of sp³-hybridized carbons (Fsp3) is 0.111. The van der Waals surface area contributed by atoms with Crippen LogP contribution in [0.2, 0.25) is 0 Å². The fourth-order valence-corrected chi connectivity index (χ4v) is 3.85. The quantitative estimate of drug-likeness (QED) is 0.344. The van der Waals surface area contributed by atoms with Gasteiger partial charge >= 0.3 is 5.97 Å². The molecule has 174 valence electrons. The van der Waals surface area contributed by atoms with E-state index in [2.05, 4.69) is 15.8 Å². The van der Waals surface area contributed by atoms with Crippen LogP contribution in [0.15, 0.2) is 85.1 Å². The Bertz CT molecular complexity index is 1410. The molecule has 0 saturated heterocycles. The van der Waals surface area contributed by atoms with E-state index in [1.807, 2.05) is 30.3 Å². The number of fused-ring (bicyclic) bond motifs is 2. The molecule has 2 amide bonds. The van der Waals surface area contributed by atoms with Crippen molar-refractivity contribution in [1.29, 1.82) is 0 Å². The van der Waals surface area contributed by atoms with Crippen LogP contribution < -0.4 is 15.6 Å². The van der Waals surface area contributed by atoms with Crippen LogP contribution in [0.4, 0.5) is 0 Å². The van der Waals surface area contributed by atoms with Gasteiger partial charge in [-0.2, -0.15) is 0 Å². The maximum absolute atomic E-state index is 12.5. The number of carbonyl (C=O) groups is 3. The van der Waals surface area contributed by atoms with Crippen molar-refractivity contribution in [3.05, 3.63) is 107 Å². The van der Waals surface area contributed by atoms with Crippen molar-refractivity contribution in [2.24, 2.45) is 0 Å². The topological polar surface area (TPSA) is 107 Å². The number of amides is 2. The van der Waals surface area contributed by atoms with E-state index in [4.69, 9.17) is 9.47 Å². The van der Waals surface area contributed by atoms with Crippen molar-refractivity contribution in [3.63, 3.8) is 0 Å². The van der Waals surface area contributed by atoms with Gasteiger partial charge in [-0.15, -0.1) is 0 Å². The number of nitrogens with one attached hydrogen (secondary N) is 2. The van der Waals surface area contributed by atoms with Crippen molar-refractivity contribution in [3.8, 4) is 5.75 Å². The first-order valence-electron chi connectivity index (χ1n) is 11.0. The lowest BCUT2D eigenvalue weighted by atomic mass is 9.98. The Hall–Kier alpha value is -4.72. The number of ether oxygens (including phenoxy) is 2. The van der Waals surface area contributed by atoms with Gasteiger partial charge in [-0.25, -0.2) is 4.79 Å². The van der Waals surface area contributed by atoms with E-state index in [1.54, 1.807) is 54.7 Å². The summed E-state index contributed by atoms with van der Waals surface area (Å²) < 4.78 is 11.1. The van der Waals surface area contributed by atoms with Gasteiger partial charge in [-0.1, -0.05) is 48.5 Å². The molecule has 3 aromatic carbocycles. The van der Waals surface area contributed by atoms with E-state index < -0.39 is 23.9 Å². The minimum atomic E-state index is -1.01. The molecule has 0 aliphatic carbocycles. The zero-order chi connectivity index (χ0) is 24.2. The van der Waals surface area contributed by atoms with Gasteiger partial charge in [-0.05, 0) is 41.5 Å². The molecule has 1 atom stereocenters. The van der Waals surface area contributed by atoms with E-state index in [0.717, 1.165) is 22.0 Å². The first kappa shape index (κ1) is 22.1. The number of cyclic esters (lactones) is 1. The third-order valence-electron chi connectivity index (χ3n) is 5.69. The molecule has 8 heteroatoms. The minimum absolute atomic E-state index is 0.241. The number of pyridine rings is 1. The second-order valence-corrected chi connectivity index (χ2v) is 8.02. The average molecular weight is 467 g/mol. The maximum atomic E-state index is 12.5. The van der Waals surface area contributed by atoms with Crippen molar-refractivity contribution in [1.82, 2.24) is 15.8 Å². The van der Waals surface area contributed by atoms with Gasteiger partial charge < -0.3 is 9.47 Å². The molecule has 35 heavy (non-hydrogen) atoms. The number of hydrogen-bond donors (Lipinski definition) is 2. The number of carbonyl (C=O) groups excluding carboxylic acids is 3. The van der Waals surface area contributed by atoms with Crippen molar-refractivity contribution >= 4 is 28.7 Å².